The second-order valence-corrected chi connectivity index (χ2v) is 5.31. The van der Waals surface area contributed by atoms with Crippen LogP contribution in [0.25, 0.3) is 0 Å². The quantitative estimate of drug-likeness (QED) is 0.801. The van der Waals surface area contributed by atoms with Crippen LogP contribution in [-0.4, -0.2) is 35.6 Å². The lowest BCUT2D eigenvalue weighted by molar-refractivity contribution is 0.324. The van der Waals surface area contributed by atoms with Gasteiger partial charge in [0.05, 0.1) is 0 Å². The third-order valence-corrected chi connectivity index (χ3v) is 3.89. The third-order valence-electron chi connectivity index (χ3n) is 3.89. The Morgan fingerprint density at radius 1 is 1.28 bits per heavy atom. The molecule has 3 heteroatoms. The molecular formula is C15H27N3. The minimum Gasteiger partial charge on any atom is -0.350 e. The summed E-state index contributed by atoms with van der Waals surface area (Å²) in [5.41, 5.74) is 1.42. The number of aromatic nitrogens is 1. The molecule has 18 heavy (non-hydrogen) atoms. The minimum absolute atomic E-state index is 0.455. The summed E-state index contributed by atoms with van der Waals surface area (Å²) in [4.78, 5) is 2.59. The molecule has 1 aromatic heterocycles. The van der Waals surface area contributed by atoms with Crippen molar-refractivity contribution in [2.45, 2.75) is 45.7 Å². The first-order valence-corrected chi connectivity index (χ1v) is 7.42. The van der Waals surface area contributed by atoms with Crippen molar-refractivity contribution in [2.24, 2.45) is 0 Å². The number of rotatable bonds is 7. The van der Waals surface area contributed by atoms with Crippen molar-refractivity contribution in [3.63, 3.8) is 0 Å². The van der Waals surface area contributed by atoms with Crippen LogP contribution in [0.2, 0.25) is 0 Å². The highest BCUT2D eigenvalue weighted by Crippen LogP contribution is 2.14. The van der Waals surface area contributed by atoms with Crippen LogP contribution in [0.4, 0.5) is 0 Å². The van der Waals surface area contributed by atoms with E-state index < -0.39 is 0 Å². The summed E-state index contributed by atoms with van der Waals surface area (Å²) in [6.07, 6.45) is 6.27. The summed E-state index contributed by atoms with van der Waals surface area (Å²) in [5, 5.41) is 3.49. The number of hydrogen-bond donors (Lipinski definition) is 1. The molecule has 1 aromatic rings. The van der Waals surface area contributed by atoms with Gasteiger partial charge >= 0.3 is 0 Å². The molecule has 0 radical (unpaired) electrons. The second-order valence-electron chi connectivity index (χ2n) is 5.31. The van der Waals surface area contributed by atoms with Gasteiger partial charge in [-0.25, -0.2) is 0 Å². The van der Waals surface area contributed by atoms with Crippen LogP contribution in [0.3, 0.4) is 0 Å². The smallest absolute Gasteiger partial charge is 0.0446 e. The zero-order valence-electron chi connectivity index (χ0n) is 11.9. The van der Waals surface area contributed by atoms with E-state index in [1.54, 1.807) is 0 Å². The Labute approximate surface area is 111 Å². The topological polar surface area (TPSA) is 20.2 Å². The predicted molar refractivity (Wildman–Crippen MR) is 76.8 cm³/mol. The lowest BCUT2D eigenvalue weighted by atomic mass is 10.2. The maximum absolute atomic E-state index is 3.49. The van der Waals surface area contributed by atoms with Gasteiger partial charge in [0.1, 0.15) is 0 Å². The molecule has 1 fully saturated rings. The summed E-state index contributed by atoms with van der Waals surface area (Å²) >= 11 is 0. The van der Waals surface area contributed by atoms with Crippen LogP contribution in [0.1, 0.15) is 44.8 Å². The van der Waals surface area contributed by atoms with Crippen LogP contribution < -0.4 is 5.32 Å². The van der Waals surface area contributed by atoms with Gasteiger partial charge in [-0.05, 0) is 64.5 Å². The summed E-state index contributed by atoms with van der Waals surface area (Å²) < 4.78 is 2.41. The summed E-state index contributed by atoms with van der Waals surface area (Å²) in [7, 11) is 0. The second kappa shape index (κ2) is 6.95. The lowest BCUT2D eigenvalue weighted by Gasteiger charge is -2.18. The van der Waals surface area contributed by atoms with Crippen LogP contribution in [-0.2, 0) is 6.54 Å². The average Bonchev–Trinajstić information content (AvgIpc) is 3.00. The van der Waals surface area contributed by atoms with Gasteiger partial charge in [-0.1, -0.05) is 6.92 Å². The zero-order valence-corrected chi connectivity index (χ0v) is 11.9. The SMILES string of the molecule is CCNC(C)c1cccn1CCCN1CCCC1. The normalized spacial score (nSPS) is 18.3. The van der Waals surface area contributed by atoms with Crippen LogP contribution in [0.5, 0.6) is 0 Å². The van der Waals surface area contributed by atoms with Crippen molar-refractivity contribution in [3.05, 3.63) is 24.0 Å². The van der Waals surface area contributed by atoms with E-state index in [0.717, 1.165) is 13.1 Å². The Morgan fingerprint density at radius 3 is 2.78 bits per heavy atom. The minimum atomic E-state index is 0.455. The lowest BCUT2D eigenvalue weighted by Crippen LogP contribution is -2.23. The average molecular weight is 249 g/mol. The Bertz CT molecular complexity index is 339. The molecule has 3 nitrogen and oxygen atoms in total. The van der Waals surface area contributed by atoms with Gasteiger partial charge in [0.2, 0.25) is 0 Å². The molecule has 0 bridgehead atoms. The molecule has 0 spiro atoms. The van der Waals surface area contributed by atoms with Crippen LogP contribution in [0.15, 0.2) is 18.3 Å². The molecule has 1 aliphatic rings. The third kappa shape index (κ3) is 3.59. The first-order valence-electron chi connectivity index (χ1n) is 7.42. The van der Waals surface area contributed by atoms with E-state index in [0.29, 0.717) is 6.04 Å². The molecule has 102 valence electrons. The van der Waals surface area contributed by atoms with Crippen molar-refractivity contribution in [2.75, 3.05) is 26.2 Å². The Balaban J connectivity index is 1.79. The van der Waals surface area contributed by atoms with Crippen LogP contribution in [0, 0.1) is 0 Å². The highest BCUT2D eigenvalue weighted by molar-refractivity contribution is 5.11. The van der Waals surface area contributed by atoms with Crippen molar-refractivity contribution in [1.29, 1.82) is 0 Å². The van der Waals surface area contributed by atoms with E-state index in [9.17, 15) is 0 Å². The summed E-state index contributed by atoms with van der Waals surface area (Å²) in [6, 6.07) is 4.86. The summed E-state index contributed by atoms with van der Waals surface area (Å²) in [5.74, 6) is 0. The van der Waals surface area contributed by atoms with Gasteiger partial charge in [-0.3, -0.25) is 0 Å². The Kier molecular flexibility index (Phi) is 5.26. The van der Waals surface area contributed by atoms with Crippen molar-refractivity contribution < 1.29 is 0 Å². The van der Waals surface area contributed by atoms with Gasteiger partial charge in [0.15, 0.2) is 0 Å². The highest BCUT2D eigenvalue weighted by Gasteiger charge is 2.12. The van der Waals surface area contributed by atoms with Crippen LogP contribution >= 0.6 is 0 Å². The maximum atomic E-state index is 3.49. The van der Waals surface area contributed by atoms with Gasteiger partial charge < -0.3 is 14.8 Å². The summed E-state index contributed by atoms with van der Waals surface area (Å²) in [6.45, 7) is 10.5. The molecule has 2 heterocycles. The molecule has 1 atom stereocenters. The van der Waals surface area contributed by atoms with E-state index in [4.69, 9.17) is 0 Å². The fourth-order valence-electron chi connectivity index (χ4n) is 2.91. The van der Waals surface area contributed by atoms with Crippen molar-refractivity contribution in [3.8, 4) is 0 Å². The molecule has 2 rings (SSSR count). The van der Waals surface area contributed by atoms with E-state index in [1.165, 1.54) is 44.6 Å². The Hall–Kier alpha value is -0.800. The Morgan fingerprint density at radius 2 is 2.06 bits per heavy atom. The number of nitrogens with zero attached hydrogens (tertiary/aromatic N) is 2. The molecule has 0 aromatic carbocycles. The largest absolute Gasteiger partial charge is 0.350 e. The highest BCUT2D eigenvalue weighted by atomic mass is 15.1. The van der Waals surface area contributed by atoms with E-state index in [-0.39, 0.29) is 0 Å². The van der Waals surface area contributed by atoms with Crippen molar-refractivity contribution >= 4 is 0 Å². The molecule has 1 saturated heterocycles. The van der Waals surface area contributed by atoms with Gasteiger partial charge in [-0.15, -0.1) is 0 Å². The number of likely N-dealkylation sites (tertiary alicyclic amines) is 1. The van der Waals surface area contributed by atoms with E-state index in [1.807, 2.05) is 0 Å². The first-order chi connectivity index (χ1) is 8.81. The number of aryl methyl sites for hydroxylation is 1. The first kappa shape index (κ1) is 13.6. The molecule has 1 N–H and O–H groups in total. The van der Waals surface area contributed by atoms with Gasteiger partial charge in [-0.2, -0.15) is 0 Å². The number of nitrogens with one attached hydrogen (secondary N) is 1. The number of hydrogen-bond acceptors (Lipinski definition) is 2. The molecule has 0 aliphatic carbocycles. The molecule has 0 amide bonds. The van der Waals surface area contributed by atoms with Gasteiger partial charge in [0, 0.05) is 24.5 Å². The van der Waals surface area contributed by atoms with Gasteiger partial charge in [0.25, 0.3) is 0 Å². The molecular weight excluding hydrogens is 222 g/mol. The maximum Gasteiger partial charge on any atom is 0.0446 e. The monoisotopic (exact) mass is 249 g/mol. The molecule has 1 aliphatic heterocycles. The standard InChI is InChI=1S/C15H27N3/c1-3-16-14(2)15-8-6-12-18(15)13-7-11-17-9-4-5-10-17/h6,8,12,14,16H,3-5,7,9-11,13H2,1-2H3. The fraction of sp³-hybridized carbons (Fsp3) is 0.733. The fourth-order valence-corrected chi connectivity index (χ4v) is 2.91. The van der Waals surface area contributed by atoms with Crippen molar-refractivity contribution in [1.82, 2.24) is 14.8 Å². The predicted octanol–water partition coefficient (Wildman–Crippen LogP) is 2.64. The zero-order chi connectivity index (χ0) is 12.8. The van der Waals surface area contributed by atoms with E-state index >= 15 is 0 Å². The molecule has 0 saturated carbocycles. The molecule has 1 unspecified atom stereocenters. The van der Waals surface area contributed by atoms with E-state index in [2.05, 4.69) is 47.0 Å².